The summed E-state index contributed by atoms with van der Waals surface area (Å²) in [7, 11) is 0. The Morgan fingerprint density at radius 3 is 0.596 bits per heavy atom. The lowest BCUT2D eigenvalue weighted by atomic mass is 10.00. The number of allylic oxidation sites excluding steroid dienone is 2. The molecule has 0 aromatic heterocycles. The van der Waals surface area contributed by atoms with Gasteiger partial charge in [0.25, 0.3) is 0 Å². The highest BCUT2D eigenvalue weighted by Gasteiger charge is 2.86. The molecule has 0 saturated heterocycles. The average molecular weight is 778 g/mol. The number of hydrogen-bond acceptors (Lipinski definition) is 1. The van der Waals surface area contributed by atoms with Gasteiger partial charge in [-0.25, -0.2) is 17.6 Å². The summed E-state index contributed by atoms with van der Waals surface area (Å²) >= 11 is 0. The molecule has 1 nitrogen and oxygen atoms in total. The number of alkyl halides is 26. The molecular weight excluding hydrogens is 778 g/mol. The van der Waals surface area contributed by atoms with Gasteiger partial charge >= 0.3 is 72.0 Å². The lowest BCUT2D eigenvalue weighted by Crippen LogP contribution is -2.62. The Hall–Kier alpha value is -2.66. The van der Waals surface area contributed by atoms with Crippen LogP contribution in [0.4, 0.5) is 132 Å². The number of halogens is 30. The van der Waals surface area contributed by atoms with Crippen molar-refractivity contribution in [3.8, 4) is 0 Å². The summed E-state index contributed by atoms with van der Waals surface area (Å²) in [6, 6.07) is 0. The van der Waals surface area contributed by atoms with Gasteiger partial charge < -0.3 is 0 Å². The van der Waals surface area contributed by atoms with Crippen molar-refractivity contribution in [3.05, 3.63) is 23.3 Å². The smallest absolute Gasteiger partial charge is 0.282 e. The Morgan fingerprint density at radius 1 is 0.255 bits per heavy atom. The molecule has 0 bridgehead atoms. The molecule has 2 atom stereocenters. The third kappa shape index (κ3) is 6.43. The minimum absolute atomic E-state index is 1.14. The van der Waals surface area contributed by atoms with Gasteiger partial charge in [-0.05, 0) is 0 Å². The van der Waals surface area contributed by atoms with Crippen LogP contribution in [0.1, 0.15) is 0 Å². The van der Waals surface area contributed by atoms with Crippen molar-refractivity contribution in [2.45, 2.75) is 72.0 Å². The first kappa shape index (κ1) is 44.3. The van der Waals surface area contributed by atoms with E-state index in [1.165, 1.54) is 0 Å². The Bertz CT molecular complexity index is 1130. The zero-order valence-electron chi connectivity index (χ0n) is 19.7. The molecule has 0 amide bonds. The first-order valence-corrected chi connectivity index (χ1v) is 9.58. The summed E-state index contributed by atoms with van der Waals surface area (Å²) in [5, 5.41) is 0. The summed E-state index contributed by atoms with van der Waals surface area (Å²) in [6.07, 6.45) is -33.3. The zero-order valence-corrected chi connectivity index (χ0v) is 19.7. The molecule has 0 rings (SSSR count). The fraction of sp³-hybridized carbons (Fsp3) is 0.750. The summed E-state index contributed by atoms with van der Waals surface area (Å²) in [4.78, 5) is 0. The number of rotatable bonds is 10. The standard InChI is InChI=1S/C16F30O/c17-1(5(21,22)9(27,28)11(31,32)15(41,42)43)3(19)7(25,13(35,36)37)47-8(26,14(38,39)40)4(20)2(18)6(23,24)10(29,30)12(33,34)16(44,45)46. The Labute approximate surface area is 233 Å². The van der Waals surface area contributed by atoms with Crippen LogP contribution in [-0.4, -0.2) is 72.0 Å². The molecule has 2 unspecified atom stereocenters. The van der Waals surface area contributed by atoms with Crippen molar-refractivity contribution in [1.82, 2.24) is 0 Å². The molecule has 0 saturated carbocycles. The summed E-state index contributed by atoms with van der Waals surface area (Å²) in [6.45, 7) is 0. The maximum absolute atomic E-state index is 14.3. The third-order valence-corrected chi connectivity index (χ3v) is 4.80. The maximum Gasteiger partial charge on any atom is 0.460 e. The van der Waals surface area contributed by atoms with Crippen molar-refractivity contribution in [2.24, 2.45) is 0 Å². The maximum atomic E-state index is 14.3. The van der Waals surface area contributed by atoms with E-state index in [4.69, 9.17) is 0 Å². The molecular formula is C16F30O. The van der Waals surface area contributed by atoms with Crippen LogP contribution in [0.2, 0.25) is 0 Å². The lowest BCUT2D eigenvalue weighted by molar-refractivity contribution is -0.421. The van der Waals surface area contributed by atoms with Crippen LogP contribution in [0.5, 0.6) is 0 Å². The van der Waals surface area contributed by atoms with Gasteiger partial charge in [0.1, 0.15) is 0 Å². The van der Waals surface area contributed by atoms with E-state index in [-0.39, 0.29) is 0 Å². The number of hydrogen-bond donors (Lipinski definition) is 0. The second-order valence-electron chi connectivity index (χ2n) is 7.99. The molecule has 0 radical (unpaired) electrons. The highest BCUT2D eigenvalue weighted by molar-refractivity contribution is 5.27. The highest BCUT2D eigenvalue weighted by Crippen LogP contribution is 2.60. The van der Waals surface area contributed by atoms with E-state index in [2.05, 4.69) is 0 Å². The summed E-state index contributed by atoms with van der Waals surface area (Å²) in [5.41, 5.74) is 0. The van der Waals surface area contributed by atoms with Gasteiger partial charge in [-0.2, -0.15) is 114 Å². The Balaban J connectivity index is 7.96. The van der Waals surface area contributed by atoms with Crippen LogP contribution in [0.25, 0.3) is 0 Å². The average Bonchev–Trinajstić information content (AvgIpc) is 2.83. The highest BCUT2D eigenvalue weighted by atomic mass is 19.4. The van der Waals surface area contributed by atoms with Crippen LogP contribution in [-0.2, 0) is 4.74 Å². The van der Waals surface area contributed by atoms with Gasteiger partial charge in [0.15, 0.2) is 0 Å². The Kier molecular flexibility index (Phi) is 10.8. The normalized spacial score (nSPS) is 19.5. The molecule has 0 aliphatic carbocycles. The van der Waals surface area contributed by atoms with Crippen LogP contribution in [0, 0.1) is 0 Å². The largest absolute Gasteiger partial charge is 0.460 e. The van der Waals surface area contributed by atoms with Gasteiger partial charge in [0.05, 0.1) is 0 Å². The quantitative estimate of drug-likeness (QED) is 0.201. The van der Waals surface area contributed by atoms with Gasteiger partial charge in [-0.1, -0.05) is 0 Å². The first-order valence-electron chi connectivity index (χ1n) is 9.58. The van der Waals surface area contributed by atoms with Gasteiger partial charge in [-0.3, -0.25) is 4.74 Å². The van der Waals surface area contributed by atoms with Crippen molar-refractivity contribution >= 4 is 0 Å². The molecule has 47 heavy (non-hydrogen) atoms. The predicted molar refractivity (Wildman–Crippen MR) is 81.1 cm³/mol. The molecule has 0 N–H and O–H groups in total. The van der Waals surface area contributed by atoms with Crippen molar-refractivity contribution in [3.63, 3.8) is 0 Å². The van der Waals surface area contributed by atoms with Crippen molar-refractivity contribution in [2.75, 3.05) is 0 Å². The van der Waals surface area contributed by atoms with Gasteiger partial charge in [-0.15, -0.1) is 0 Å². The Morgan fingerprint density at radius 2 is 0.447 bits per heavy atom. The van der Waals surface area contributed by atoms with Crippen LogP contribution in [0.3, 0.4) is 0 Å². The molecule has 0 aliphatic rings. The van der Waals surface area contributed by atoms with E-state index >= 15 is 0 Å². The number of ether oxygens (including phenoxy) is 1. The second-order valence-corrected chi connectivity index (χ2v) is 7.99. The molecule has 0 fully saturated rings. The van der Waals surface area contributed by atoms with Crippen LogP contribution in [0.15, 0.2) is 23.3 Å². The van der Waals surface area contributed by atoms with Gasteiger partial charge in [0, 0.05) is 0 Å². The SMILES string of the molecule is FC(=C(F)C(F)(OC(F)(C(F)=C(F)C(F)(F)C(F)(F)C(F)(F)C(F)(F)F)C(F)(F)F)C(F)(F)F)C(F)(F)C(F)(F)C(F)(F)C(F)(F)F. The summed E-state index contributed by atoms with van der Waals surface area (Å²) in [5.74, 6) is -93.6. The molecule has 280 valence electrons. The third-order valence-electron chi connectivity index (χ3n) is 4.80. The molecule has 0 spiro atoms. The minimum atomic E-state index is -8.72. The second kappa shape index (κ2) is 11.5. The lowest BCUT2D eigenvalue weighted by Gasteiger charge is -2.37. The molecule has 0 aromatic carbocycles. The van der Waals surface area contributed by atoms with E-state index in [9.17, 15) is 132 Å². The minimum Gasteiger partial charge on any atom is -0.282 e. The monoisotopic (exact) mass is 778 g/mol. The van der Waals surface area contributed by atoms with Crippen LogP contribution >= 0.6 is 0 Å². The fourth-order valence-electron chi connectivity index (χ4n) is 2.23. The summed E-state index contributed by atoms with van der Waals surface area (Å²) < 4.78 is 392. The zero-order chi connectivity index (χ0) is 39.0. The van der Waals surface area contributed by atoms with E-state index in [0.29, 0.717) is 0 Å². The topological polar surface area (TPSA) is 9.23 Å². The first-order chi connectivity index (χ1) is 19.8. The fourth-order valence-corrected chi connectivity index (χ4v) is 2.23. The molecule has 31 heteroatoms. The van der Waals surface area contributed by atoms with E-state index in [1.54, 1.807) is 0 Å². The van der Waals surface area contributed by atoms with Crippen LogP contribution < -0.4 is 0 Å². The predicted octanol–water partition coefficient (Wildman–Crippen LogP) is 10.7. The van der Waals surface area contributed by atoms with E-state index in [0.717, 1.165) is 4.74 Å². The molecule has 0 aromatic rings. The van der Waals surface area contributed by atoms with Crippen molar-refractivity contribution in [1.29, 1.82) is 0 Å². The van der Waals surface area contributed by atoms with Crippen molar-refractivity contribution < 1.29 is 136 Å². The molecule has 0 aliphatic heterocycles. The van der Waals surface area contributed by atoms with E-state index in [1.807, 2.05) is 0 Å². The van der Waals surface area contributed by atoms with Gasteiger partial charge in [0.2, 0.25) is 23.3 Å². The van der Waals surface area contributed by atoms with E-state index < -0.39 is 95.3 Å². The molecule has 0 heterocycles.